The molecule has 0 amide bonds. The van der Waals surface area contributed by atoms with Crippen molar-refractivity contribution in [2.24, 2.45) is 0 Å². The molecule has 0 spiro atoms. The quantitative estimate of drug-likeness (QED) is 0.0199. The van der Waals surface area contributed by atoms with E-state index in [9.17, 15) is 33.7 Å². The van der Waals surface area contributed by atoms with Crippen molar-refractivity contribution in [2.45, 2.75) is 51.9 Å². The van der Waals surface area contributed by atoms with Gasteiger partial charge in [-0.05, 0) is 49.6 Å². The third kappa shape index (κ3) is 15.6. The lowest BCUT2D eigenvalue weighted by Gasteiger charge is -2.22. The highest BCUT2D eigenvalue weighted by Crippen LogP contribution is 2.43. The van der Waals surface area contributed by atoms with Gasteiger partial charge < -0.3 is 43.0 Å². The first-order valence-corrected chi connectivity index (χ1v) is 19.6. The Balaban J connectivity index is 1.05. The van der Waals surface area contributed by atoms with E-state index < -0.39 is 38.4 Å². The van der Waals surface area contributed by atoms with Gasteiger partial charge in [0.15, 0.2) is 6.10 Å². The normalized spacial score (nSPS) is 12.8. The number of fused-ring (bicyclic) bond motifs is 1. The molecule has 0 bridgehead atoms. The maximum Gasteiger partial charge on any atom is 0.472 e. The highest BCUT2D eigenvalue weighted by molar-refractivity contribution is 7.47. The maximum atomic E-state index is 15.2. The van der Waals surface area contributed by atoms with Gasteiger partial charge in [-0.3, -0.25) is 32.9 Å². The molecule has 58 heavy (non-hydrogen) atoms. The third-order valence-corrected chi connectivity index (χ3v) is 8.98. The molecule has 0 radical (unpaired) electrons. The molecule has 316 valence electrons. The van der Waals surface area contributed by atoms with Crippen LogP contribution in [0.15, 0.2) is 47.0 Å². The van der Waals surface area contributed by atoms with E-state index in [1.165, 1.54) is 4.68 Å². The van der Waals surface area contributed by atoms with Crippen LogP contribution in [0.5, 0.6) is 0 Å². The van der Waals surface area contributed by atoms with E-state index >= 15 is 4.39 Å². The van der Waals surface area contributed by atoms with Crippen LogP contribution < -0.4 is 4.90 Å². The number of phosphoric acid groups is 1. The lowest BCUT2D eigenvalue weighted by molar-refractivity contribution is -0.145. The van der Waals surface area contributed by atoms with Gasteiger partial charge in [-0.25, -0.2) is 9.55 Å². The van der Waals surface area contributed by atoms with E-state index in [-0.39, 0.29) is 90.6 Å². The van der Waals surface area contributed by atoms with Crippen LogP contribution in [-0.4, -0.2) is 120 Å². The fourth-order valence-corrected chi connectivity index (χ4v) is 5.94. The van der Waals surface area contributed by atoms with Crippen molar-refractivity contribution in [3.8, 4) is 11.3 Å². The van der Waals surface area contributed by atoms with E-state index in [1.54, 1.807) is 29.3 Å². The highest BCUT2D eigenvalue weighted by Gasteiger charge is 2.24. The summed E-state index contributed by atoms with van der Waals surface area (Å²) in [4.78, 5) is 60.3. The standard InChI is InChI=1S/C36H45FN5O15P/c1-26-6-7-27-19-32(57-31(27)18-26)30-8-9-33(38-36(30)37)41(12-13-43)10-11-42-20-28(39-40-42)21-53-35(47)4-2-14-50-16-17-52-34(46)5-3-15-55-58(48,49)56-23-29(54-25-45)22-51-24-44/h6-9,18-20,24-25,29,43H,2-5,10-17,21-23H2,1H3,(H,48,49). The molecule has 2 unspecified atom stereocenters. The molecule has 4 rings (SSSR count). The van der Waals surface area contributed by atoms with Crippen molar-refractivity contribution >= 4 is 49.5 Å². The summed E-state index contributed by atoms with van der Waals surface area (Å²) in [5, 5.41) is 18.6. The first kappa shape index (κ1) is 45.4. The second kappa shape index (κ2) is 23.8. The average molecular weight is 838 g/mol. The molecule has 0 aliphatic heterocycles. The predicted molar refractivity (Wildman–Crippen MR) is 198 cm³/mol. The number of carbonyl (C=O) groups excluding carboxylic acids is 4. The monoisotopic (exact) mass is 837 g/mol. The number of aromatic nitrogens is 4. The number of aliphatic hydroxyl groups is 1. The Morgan fingerprint density at radius 2 is 1.78 bits per heavy atom. The number of hydrogen-bond donors (Lipinski definition) is 2. The van der Waals surface area contributed by atoms with Crippen LogP contribution in [0.4, 0.5) is 10.2 Å². The number of anilines is 1. The number of pyridine rings is 1. The minimum Gasteiger partial charge on any atom is -0.464 e. The van der Waals surface area contributed by atoms with Crippen molar-refractivity contribution in [3.05, 3.63) is 59.8 Å². The number of esters is 2. The van der Waals surface area contributed by atoms with Crippen LogP contribution in [0, 0.1) is 12.9 Å². The molecule has 3 heterocycles. The Morgan fingerprint density at radius 1 is 0.983 bits per heavy atom. The second-order valence-electron chi connectivity index (χ2n) is 12.4. The highest BCUT2D eigenvalue weighted by atomic mass is 31.2. The second-order valence-corrected chi connectivity index (χ2v) is 13.9. The summed E-state index contributed by atoms with van der Waals surface area (Å²) < 4.78 is 68.5. The van der Waals surface area contributed by atoms with Crippen LogP contribution in [0.2, 0.25) is 0 Å². The minimum atomic E-state index is -4.53. The summed E-state index contributed by atoms with van der Waals surface area (Å²) in [5.74, 6) is -1.09. The first-order valence-electron chi connectivity index (χ1n) is 18.1. The number of ether oxygens (including phenoxy) is 5. The SMILES string of the molecule is Cc1ccc2cc(-c3ccc(N(CCO)CCn4cc(COC(=O)CCCOCCOC(=O)CCCOP(=O)(O)OCC(COC=O)OC=O)nn4)nc3F)oc2c1. The van der Waals surface area contributed by atoms with E-state index in [0.29, 0.717) is 42.4 Å². The number of rotatable bonds is 29. The van der Waals surface area contributed by atoms with Crippen molar-refractivity contribution in [3.63, 3.8) is 0 Å². The van der Waals surface area contributed by atoms with Crippen molar-refractivity contribution < 1.29 is 75.3 Å². The molecule has 0 fully saturated rings. The Hall–Kier alpha value is -5.31. The van der Waals surface area contributed by atoms with Crippen molar-refractivity contribution in [2.75, 3.05) is 64.2 Å². The Bertz CT molecular complexity index is 1980. The van der Waals surface area contributed by atoms with Gasteiger partial charge in [0.1, 0.15) is 42.7 Å². The number of phosphoric ester groups is 1. The fourth-order valence-electron chi connectivity index (χ4n) is 5.15. The number of aliphatic hydroxyl groups excluding tert-OH is 1. The summed E-state index contributed by atoms with van der Waals surface area (Å²) in [6.07, 6.45) is 0.836. The van der Waals surface area contributed by atoms with E-state index in [4.69, 9.17) is 23.2 Å². The summed E-state index contributed by atoms with van der Waals surface area (Å²) in [6.45, 7) is 1.62. The maximum absolute atomic E-state index is 15.2. The van der Waals surface area contributed by atoms with Crippen LogP contribution in [-0.2, 0) is 69.6 Å². The third-order valence-electron chi connectivity index (χ3n) is 8.00. The Kier molecular flexibility index (Phi) is 18.6. The molecular weight excluding hydrogens is 792 g/mol. The molecule has 0 aliphatic carbocycles. The van der Waals surface area contributed by atoms with Gasteiger partial charge in [-0.2, -0.15) is 4.39 Å². The number of carbonyl (C=O) groups is 4. The topological polar surface area (TPSA) is 250 Å². The smallest absolute Gasteiger partial charge is 0.464 e. The van der Waals surface area contributed by atoms with Crippen LogP contribution in [0.25, 0.3) is 22.3 Å². The first-order chi connectivity index (χ1) is 28.0. The lowest BCUT2D eigenvalue weighted by atomic mass is 10.1. The van der Waals surface area contributed by atoms with Gasteiger partial charge in [0.25, 0.3) is 12.9 Å². The van der Waals surface area contributed by atoms with E-state index in [0.717, 1.165) is 10.9 Å². The summed E-state index contributed by atoms with van der Waals surface area (Å²) in [5.41, 5.74) is 2.31. The molecule has 0 saturated heterocycles. The molecule has 22 heteroatoms. The van der Waals surface area contributed by atoms with Gasteiger partial charge in [0.05, 0.1) is 44.7 Å². The molecule has 1 aromatic carbocycles. The van der Waals surface area contributed by atoms with E-state index in [1.807, 2.05) is 25.1 Å². The number of halogens is 1. The van der Waals surface area contributed by atoms with Gasteiger partial charge in [-0.1, -0.05) is 17.3 Å². The Labute approximate surface area is 331 Å². The van der Waals surface area contributed by atoms with Gasteiger partial charge in [0.2, 0.25) is 5.95 Å². The number of benzene rings is 1. The average Bonchev–Trinajstić information content (AvgIpc) is 3.84. The number of nitrogens with zero attached hydrogens (tertiary/aromatic N) is 5. The summed E-state index contributed by atoms with van der Waals surface area (Å²) in [6, 6.07) is 10.7. The van der Waals surface area contributed by atoms with Gasteiger partial charge in [0, 0.05) is 37.9 Å². The summed E-state index contributed by atoms with van der Waals surface area (Å²) >= 11 is 0. The van der Waals surface area contributed by atoms with E-state index in [2.05, 4.69) is 29.3 Å². The zero-order valence-electron chi connectivity index (χ0n) is 31.6. The van der Waals surface area contributed by atoms with Crippen LogP contribution in [0.1, 0.15) is 36.9 Å². The largest absolute Gasteiger partial charge is 0.472 e. The fraction of sp³-hybridized carbons (Fsp3) is 0.472. The van der Waals surface area contributed by atoms with Crippen LogP contribution >= 0.6 is 7.82 Å². The minimum absolute atomic E-state index is 0.0407. The molecule has 4 aromatic rings. The van der Waals surface area contributed by atoms with Crippen molar-refractivity contribution in [1.29, 1.82) is 0 Å². The zero-order valence-corrected chi connectivity index (χ0v) is 32.5. The molecule has 0 aliphatic rings. The number of aryl methyl sites for hydroxylation is 1. The molecule has 0 saturated carbocycles. The van der Waals surface area contributed by atoms with Crippen LogP contribution in [0.3, 0.4) is 0 Å². The number of furan rings is 1. The molecule has 2 N–H and O–H groups in total. The molecule has 2 atom stereocenters. The number of hydrogen-bond acceptors (Lipinski definition) is 18. The zero-order chi connectivity index (χ0) is 41.8. The van der Waals surface area contributed by atoms with Gasteiger partial charge >= 0.3 is 19.8 Å². The molecular formula is C36H45FN5O15P. The predicted octanol–water partition coefficient (Wildman–Crippen LogP) is 3.04. The van der Waals surface area contributed by atoms with Gasteiger partial charge in [-0.15, -0.1) is 5.10 Å². The Morgan fingerprint density at radius 3 is 2.53 bits per heavy atom. The summed E-state index contributed by atoms with van der Waals surface area (Å²) in [7, 11) is -4.53. The lowest BCUT2D eigenvalue weighted by Crippen LogP contribution is -2.31. The molecule has 3 aromatic heterocycles. The van der Waals surface area contributed by atoms with Crippen molar-refractivity contribution in [1.82, 2.24) is 20.0 Å². The molecule has 20 nitrogen and oxygen atoms in total.